The lowest BCUT2D eigenvalue weighted by atomic mass is 9.99. The zero-order valence-electron chi connectivity index (χ0n) is 34.9. The van der Waals surface area contributed by atoms with Crippen LogP contribution in [0.3, 0.4) is 0 Å². The Labute approximate surface area is 371 Å². The summed E-state index contributed by atoms with van der Waals surface area (Å²) in [6.07, 6.45) is 0. The summed E-state index contributed by atoms with van der Waals surface area (Å²) in [6.45, 7) is 0. The van der Waals surface area contributed by atoms with Gasteiger partial charge in [-0.05, 0) is 86.5 Å². The van der Waals surface area contributed by atoms with E-state index in [1.165, 1.54) is 75.5 Å². The largest absolute Gasteiger partial charge is 0.456 e. The Morgan fingerprint density at radius 3 is 1.56 bits per heavy atom. The van der Waals surface area contributed by atoms with E-state index in [9.17, 15) is 0 Å². The van der Waals surface area contributed by atoms with Crippen LogP contribution in [-0.4, -0.2) is 17.2 Å². The van der Waals surface area contributed by atoms with Gasteiger partial charge in [-0.2, -0.15) is 0 Å². The maximum Gasteiger partial charge on any atom is 0.179 e. The van der Waals surface area contributed by atoms with Crippen molar-refractivity contribution >= 4 is 94.4 Å². The van der Waals surface area contributed by atoms with E-state index >= 15 is 0 Å². The summed E-state index contributed by atoms with van der Waals surface area (Å²) in [5, 5.41) is 12.5. The third kappa shape index (κ3) is 5.33. The second-order valence-electron chi connectivity index (χ2n) is 16.8. The molecule has 0 aliphatic carbocycles. The van der Waals surface area contributed by atoms with Gasteiger partial charge in [0.25, 0.3) is 0 Å². The summed E-state index contributed by atoms with van der Waals surface area (Å²) >= 11 is 0. The van der Waals surface area contributed by atoms with Gasteiger partial charge in [0.1, 0.15) is 11.2 Å². The van der Waals surface area contributed by atoms with Crippen LogP contribution in [0.25, 0.3) is 88.1 Å². The molecular weight excluding hydrogens is 793 g/mol. The van der Waals surface area contributed by atoms with Crippen molar-refractivity contribution in [1.82, 2.24) is 9.13 Å². The molecule has 3 heterocycles. The molecule has 0 aliphatic rings. The molecule has 0 radical (unpaired) electrons. The summed E-state index contributed by atoms with van der Waals surface area (Å²) in [5.74, 6) is 0. The van der Waals surface area contributed by atoms with Gasteiger partial charge in [-0.3, -0.25) is 0 Å². The van der Waals surface area contributed by atoms with Crippen molar-refractivity contribution in [2.45, 2.75) is 0 Å². The van der Waals surface area contributed by atoms with Crippen molar-refractivity contribution in [3.63, 3.8) is 0 Å². The summed E-state index contributed by atoms with van der Waals surface area (Å²) in [5.41, 5.74) is 11.3. The van der Waals surface area contributed by atoms with Crippen LogP contribution in [0, 0.1) is 0 Å². The first kappa shape index (κ1) is 36.5. The Morgan fingerprint density at radius 1 is 0.312 bits per heavy atom. The van der Waals surface area contributed by atoms with E-state index < -0.39 is 8.07 Å². The van der Waals surface area contributed by atoms with Gasteiger partial charge >= 0.3 is 0 Å². The average Bonchev–Trinajstić information content (AvgIpc) is 4.03. The molecule has 0 bridgehead atoms. The number of benzene rings is 10. The van der Waals surface area contributed by atoms with Gasteiger partial charge in [0.2, 0.25) is 0 Å². The van der Waals surface area contributed by atoms with E-state index in [0.29, 0.717) is 0 Å². The van der Waals surface area contributed by atoms with Crippen LogP contribution in [0.1, 0.15) is 0 Å². The molecule has 13 aromatic rings. The quantitative estimate of drug-likeness (QED) is 0.116. The van der Waals surface area contributed by atoms with Gasteiger partial charge in [0, 0.05) is 38.0 Å². The summed E-state index contributed by atoms with van der Waals surface area (Å²) in [4.78, 5) is 0. The Morgan fingerprint density at radius 2 is 0.828 bits per heavy atom. The normalized spacial score (nSPS) is 12.1. The van der Waals surface area contributed by atoms with Gasteiger partial charge in [-0.15, -0.1) is 0 Å². The average molecular weight is 833 g/mol. The van der Waals surface area contributed by atoms with E-state index in [1.807, 2.05) is 6.07 Å². The molecule has 3 nitrogen and oxygen atoms in total. The molecule has 0 atom stereocenters. The van der Waals surface area contributed by atoms with Crippen molar-refractivity contribution in [3.05, 3.63) is 243 Å². The molecule has 0 fully saturated rings. The van der Waals surface area contributed by atoms with Crippen LogP contribution in [0.5, 0.6) is 0 Å². The second kappa shape index (κ2) is 14.5. The Balaban J connectivity index is 1.09. The molecule has 0 unspecified atom stereocenters. The van der Waals surface area contributed by atoms with Crippen LogP contribution in [0.4, 0.5) is 0 Å². The van der Waals surface area contributed by atoms with Crippen LogP contribution >= 0.6 is 0 Å². The fraction of sp³-hybridized carbons (Fsp3) is 0. The zero-order valence-corrected chi connectivity index (χ0v) is 35.9. The van der Waals surface area contributed by atoms with Crippen molar-refractivity contribution in [2.75, 3.05) is 0 Å². The number of aromatic nitrogens is 2. The molecule has 3 aromatic heterocycles. The van der Waals surface area contributed by atoms with E-state index in [1.54, 1.807) is 0 Å². The highest BCUT2D eigenvalue weighted by atomic mass is 28.3. The molecule has 64 heavy (non-hydrogen) atoms. The van der Waals surface area contributed by atoms with Gasteiger partial charge in [-0.1, -0.05) is 188 Å². The van der Waals surface area contributed by atoms with Crippen molar-refractivity contribution in [2.24, 2.45) is 0 Å². The highest BCUT2D eigenvalue weighted by Crippen LogP contribution is 2.42. The third-order valence-electron chi connectivity index (χ3n) is 13.5. The number of rotatable bonds is 7. The first-order chi connectivity index (χ1) is 31.8. The standard InChI is InChI=1S/C60H40N2OSi/c1-4-19-41(20-5-1)47-30-17-33-54-59(47)49-28-10-14-32-53(49)62(54)56-35-18-34-55-60(56)50-29-11-13-31-52(50)61(55)42-21-16-26-45(39-42)64(43-22-6-2-7-23-43,44-24-8-3-9-25-44)46-37-38-58-51(40-46)48-27-12-15-36-57(48)63-58/h1-40H. The SMILES string of the molecule is c1ccc(-c2cccc3c2c2ccccc2n3-c2cccc3c2c2ccccc2n3-c2cccc([Si](c3ccccc3)(c3ccccc3)c3ccc4oc5ccccc5c4c3)c2)cc1. The minimum atomic E-state index is -2.96. The van der Waals surface area contributed by atoms with Crippen LogP contribution < -0.4 is 20.7 Å². The Hall–Kier alpha value is -8.18. The third-order valence-corrected chi connectivity index (χ3v) is 18.2. The fourth-order valence-corrected chi connectivity index (χ4v) is 15.6. The van der Waals surface area contributed by atoms with Crippen molar-refractivity contribution in [3.8, 4) is 22.5 Å². The molecule has 0 N–H and O–H groups in total. The van der Waals surface area contributed by atoms with E-state index in [-0.39, 0.29) is 0 Å². The molecule has 4 heteroatoms. The maximum atomic E-state index is 6.41. The van der Waals surface area contributed by atoms with Gasteiger partial charge < -0.3 is 13.6 Å². The maximum absolute atomic E-state index is 6.41. The smallest absolute Gasteiger partial charge is 0.179 e. The molecule has 0 spiro atoms. The van der Waals surface area contributed by atoms with Crippen LogP contribution in [0.15, 0.2) is 247 Å². The highest BCUT2D eigenvalue weighted by molar-refractivity contribution is 7.20. The van der Waals surface area contributed by atoms with E-state index in [0.717, 1.165) is 33.3 Å². The second-order valence-corrected chi connectivity index (χ2v) is 20.6. The molecule has 0 saturated heterocycles. The monoisotopic (exact) mass is 832 g/mol. The molecular formula is C60H40N2OSi. The minimum absolute atomic E-state index is 0.906. The number of nitrogens with zero attached hydrogens (tertiary/aromatic N) is 2. The lowest BCUT2D eigenvalue weighted by Gasteiger charge is -2.34. The predicted octanol–water partition coefficient (Wildman–Crippen LogP) is 12.8. The summed E-state index contributed by atoms with van der Waals surface area (Å²) in [7, 11) is -2.96. The predicted molar refractivity (Wildman–Crippen MR) is 271 cm³/mol. The van der Waals surface area contributed by atoms with E-state index in [2.05, 4.69) is 246 Å². The van der Waals surface area contributed by atoms with Gasteiger partial charge in [0.05, 0.1) is 27.8 Å². The van der Waals surface area contributed by atoms with Crippen molar-refractivity contribution in [1.29, 1.82) is 0 Å². The Kier molecular flexibility index (Phi) is 8.23. The zero-order chi connectivity index (χ0) is 42.2. The first-order valence-electron chi connectivity index (χ1n) is 22.0. The molecule has 300 valence electrons. The minimum Gasteiger partial charge on any atom is -0.456 e. The van der Waals surface area contributed by atoms with Gasteiger partial charge in [-0.25, -0.2) is 0 Å². The topological polar surface area (TPSA) is 23.0 Å². The summed E-state index contributed by atoms with van der Waals surface area (Å²) in [6, 6.07) is 89.3. The molecule has 0 saturated carbocycles. The lowest BCUT2D eigenvalue weighted by molar-refractivity contribution is 0.669. The molecule has 13 rings (SSSR count). The van der Waals surface area contributed by atoms with Crippen LogP contribution in [-0.2, 0) is 0 Å². The lowest BCUT2D eigenvalue weighted by Crippen LogP contribution is -2.74. The number of para-hydroxylation sites is 3. The number of hydrogen-bond acceptors (Lipinski definition) is 1. The number of furan rings is 1. The number of hydrogen-bond donors (Lipinski definition) is 0. The molecule has 0 amide bonds. The number of fused-ring (bicyclic) bond motifs is 9. The van der Waals surface area contributed by atoms with Crippen molar-refractivity contribution < 1.29 is 4.42 Å². The molecule has 0 aliphatic heterocycles. The van der Waals surface area contributed by atoms with Gasteiger partial charge in [0.15, 0.2) is 8.07 Å². The fourth-order valence-electron chi connectivity index (χ4n) is 10.8. The Bertz CT molecular complexity index is 3860. The highest BCUT2D eigenvalue weighted by Gasteiger charge is 2.42. The molecule has 10 aromatic carbocycles. The van der Waals surface area contributed by atoms with E-state index in [4.69, 9.17) is 4.42 Å². The summed E-state index contributed by atoms with van der Waals surface area (Å²) < 4.78 is 11.4. The first-order valence-corrected chi connectivity index (χ1v) is 24.0. The van der Waals surface area contributed by atoms with Crippen LogP contribution in [0.2, 0.25) is 0 Å².